The van der Waals surface area contributed by atoms with Crippen molar-refractivity contribution in [3.05, 3.63) is 64.0 Å². The van der Waals surface area contributed by atoms with Crippen LogP contribution in [-0.4, -0.2) is 23.3 Å². The normalized spacial score (nSPS) is 9.30. The molecule has 0 bridgehead atoms. The van der Waals surface area contributed by atoms with Crippen LogP contribution in [0.5, 0.6) is 5.75 Å². The fourth-order valence-electron chi connectivity index (χ4n) is 1.99. The van der Waals surface area contributed by atoms with Crippen LogP contribution in [0.4, 0.5) is 5.69 Å². The number of carbonyl (C=O) groups excluding carboxylic acids is 1. The zero-order chi connectivity index (χ0) is 15.4. The summed E-state index contributed by atoms with van der Waals surface area (Å²) in [7, 11) is 1.35. The van der Waals surface area contributed by atoms with Crippen LogP contribution in [0.25, 0.3) is 0 Å². The van der Waals surface area contributed by atoms with E-state index in [-0.39, 0.29) is 46.2 Å². The summed E-state index contributed by atoms with van der Waals surface area (Å²) in [6.07, 6.45) is 1.80. The molecule has 1 heterocycles. The maximum Gasteiger partial charge on any atom is 0.311 e. The Bertz CT molecular complexity index is 706. The number of Topliss-reactive ketones (excluding diaryl/α,β-unsaturated/α-hetero) is 1. The number of hydrogen-bond acceptors (Lipinski definition) is 4. The van der Waals surface area contributed by atoms with E-state index in [0.29, 0.717) is 5.56 Å². The lowest BCUT2D eigenvalue weighted by atomic mass is 10.1. The van der Waals surface area contributed by atoms with Gasteiger partial charge >= 0.3 is 5.69 Å². The topological polar surface area (TPSA) is 105 Å². The van der Waals surface area contributed by atoms with Gasteiger partial charge in [0.1, 0.15) is 0 Å². The molecule has 2 aromatic rings. The van der Waals surface area contributed by atoms with E-state index < -0.39 is 4.92 Å². The lowest BCUT2D eigenvalue weighted by molar-refractivity contribution is -0.689. The number of rotatable bonds is 5. The number of nitrogens with zero attached hydrogens (tertiary/aromatic N) is 2. The third-order valence-corrected chi connectivity index (χ3v) is 3.18. The molecule has 0 saturated heterocycles. The maximum absolute atomic E-state index is 12.3. The zero-order valence-corrected chi connectivity index (χ0v) is 14.2. The Kier molecular flexibility index (Phi) is 8.06. The van der Waals surface area contributed by atoms with Crippen LogP contribution in [0.15, 0.2) is 42.6 Å². The number of pyridine rings is 1. The molecule has 0 radical (unpaired) electrons. The van der Waals surface area contributed by atoms with Crippen molar-refractivity contribution in [2.45, 2.75) is 13.5 Å². The minimum Gasteiger partial charge on any atom is -1.00 e. The molecule has 0 aliphatic heterocycles. The van der Waals surface area contributed by atoms with Crippen molar-refractivity contribution >= 4 is 11.5 Å². The van der Waals surface area contributed by atoms with E-state index in [4.69, 9.17) is 4.74 Å². The van der Waals surface area contributed by atoms with E-state index in [1.165, 1.54) is 25.3 Å². The third kappa shape index (κ3) is 4.83. The summed E-state index contributed by atoms with van der Waals surface area (Å²) in [5, 5.41) is 11.0. The van der Waals surface area contributed by atoms with Crippen molar-refractivity contribution < 1.29 is 41.5 Å². The Morgan fingerprint density at radius 2 is 2.00 bits per heavy atom. The second-order valence-corrected chi connectivity index (χ2v) is 4.54. The smallest absolute Gasteiger partial charge is 0.311 e. The SMILES string of the molecule is COc1ccc(C(=O)C[n+]2ccccc2C)cc1[N+](=O)[O-].O.[Br-]. The molecule has 2 rings (SSSR count). The highest BCUT2D eigenvalue weighted by molar-refractivity contribution is 5.96. The molecule has 1 aromatic carbocycles. The van der Waals surface area contributed by atoms with Crippen LogP contribution >= 0.6 is 0 Å². The van der Waals surface area contributed by atoms with Gasteiger partial charge in [0, 0.05) is 30.7 Å². The monoisotopic (exact) mass is 384 g/mol. The van der Waals surface area contributed by atoms with Gasteiger partial charge in [0.05, 0.1) is 12.0 Å². The Hall–Kier alpha value is -2.32. The van der Waals surface area contributed by atoms with Gasteiger partial charge in [-0.1, -0.05) is 6.07 Å². The number of carbonyl (C=O) groups is 1. The van der Waals surface area contributed by atoms with Crippen molar-refractivity contribution in [1.82, 2.24) is 0 Å². The molecule has 1 aromatic heterocycles. The van der Waals surface area contributed by atoms with Crippen LogP contribution in [0, 0.1) is 17.0 Å². The number of ether oxygens (including phenoxy) is 1. The van der Waals surface area contributed by atoms with Gasteiger partial charge in [0.25, 0.3) is 0 Å². The minimum absolute atomic E-state index is 0. The summed E-state index contributed by atoms with van der Waals surface area (Å²) in [5.41, 5.74) is 1.02. The molecule has 0 aliphatic rings. The Labute approximate surface area is 143 Å². The van der Waals surface area contributed by atoms with Crippen molar-refractivity contribution in [2.24, 2.45) is 0 Å². The van der Waals surface area contributed by atoms with Gasteiger partial charge in [-0.3, -0.25) is 14.9 Å². The molecule has 0 saturated carbocycles. The van der Waals surface area contributed by atoms with Crippen LogP contribution in [-0.2, 0) is 6.54 Å². The number of nitro benzene ring substituents is 1. The second kappa shape index (κ2) is 8.96. The molecular formula is C15H17BrN2O5. The number of methoxy groups -OCH3 is 1. The predicted octanol–water partition coefficient (Wildman–Crippen LogP) is -1.74. The van der Waals surface area contributed by atoms with Crippen molar-refractivity contribution in [3.63, 3.8) is 0 Å². The maximum atomic E-state index is 12.3. The van der Waals surface area contributed by atoms with E-state index in [0.717, 1.165) is 5.69 Å². The molecular weight excluding hydrogens is 368 g/mol. The largest absolute Gasteiger partial charge is 1.00 e. The van der Waals surface area contributed by atoms with E-state index >= 15 is 0 Å². The zero-order valence-electron chi connectivity index (χ0n) is 12.7. The average Bonchev–Trinajstić information content (AvgIpc) is 2.48. The molecule has 124 valence electrons. The van der Waals surface area contributed by atoms with Crippen LogP contribution in [0.1, 0.15) is 16.1 Å². The van der Waals surface area contributed by atoms with Crippen LogP contribution < -0.4 is 26.3 Å². The molecule has 0 spiro atoms. The first-order valence-electron chi connectivity index (χ1n) is 6.33. The quantitative estimate of drug-likeness (QED) is 0.264. The molecule has 8 heteroatoms. The van der Waals surface area contributed by atoms with Crippen molar-refractivity contribution in [2.75, 3.05) is 7.11 Å². The molecule has 2 N–H and O–H groups in total. The summed E-state index contributed by atoms with van der Waals surface area (Å²) in [6.45, 7) is 2.03. The molecule has 0 aliphatic carbocycles. The molecule has 0 fully saturated rings. The van der Waals surface area contributed by atoms with E-state index in [9.17, 15) is 14.9 Å². The highest BCUT2D eigenvalue weighted by Crippen LogP contribution is 2.27. The van der Waals surface area contributed by atoms with E-state index in [2.05, 4.69) is 0 Å². The van der Waals surface area contributed by atoms with Gasteiger partial charge in [-0.15, -0.1) is 0 Å². The average molecular weight is 385 g/mol. The number of aryl methyl sites for hydroxylation is 1. The highest BCUT2D eigenvalue weighted by atomic mass is 79.9. The number of hydrogen-bond donors (Lipinski definition) is 0. The number of halogens is 1. The van der Waals surface area contributed by atoms with Gasteiger partial charge < -0.3 is 27.2 Å². The first-order chi connectivity index (χ1) is 10.0. The van der Waals surface area contributed by atoms with Gasteiger partial charge in [-0.05, 0) is 12.1 Å². The van der Waals surface area contributed by atoms with E-state index in [1.807, 2.05) is 25.1 Å². The molecule has 0 amide bonds. The summed E-state index contributed by atoms with van der Waals surface area (Å²) >= 11 is 0. The molecule has 7 nitrogen and oxygen atoms in total. The summed E-state index contributed by atoms with van der Waals surface area (Å²) < 4.78 is 6.71. The first-order valence-corrected chi connectivity index (χ1v) is 6.33. The fourth-order valence-corrected chi connectivity index (χ4v) is 1.99. The summed E-state index contributed by atoms with van der Waals surface area (Å²) in [5.74, 6) is -0.0554. The fraction of sp³-hybridized carbons (Fsp3) is 0.200. The van der Waals surface area contributed by atoms with Crippen LogP contribution in [0.3, 0.4) is 0 Å². The van der Waals surface area contributed by atoms with Gasteiger partial charge in [-0.2, -0.15) is 4.57 Å². The van der Waals surface area contributed by atoms with Crippen LogP contribution in [0.2, 0.25) is 0 Å². The van der Waals surface area contributed by atoms with Gasteiger partial charge in [0.15, 0.2) is 17.6 Å². The van der Waals surface area contributed by atoms with Gasteiger partial charge in [0.2, 0.25) is 12.3 Å². The first kappa shape index (κ1) is 20.7. The Balaban J connectivity index is 0.00000242. The minimum atomic E-state index is -0.559. The van der Waals surface area contributed by atoms with Crippen molar-refractivity contribution in [3.8, 4) is 5.75 Å². The molecule has 0 unspecified atom stereocenters. The number of nitro groups is 1. The van der Waals surface area contributed by atoms with Gasteiger partial charge in [-0.25, -0.2) is 0 Å². The third-order valence-electron chi connectivity index (χ3n) is 3.18. The number of benzene rings is 1. The Morgan fingerprint density at radius 1 is 1.30 bits per heavy atom. The lowest BCUT2D eigenvalue weighted by Gasteiger charge is -2.04. The number of aromatic nitrogens is 1. The van der Waals surface area contributed by atoms with Crippen molar-refractivity contribution in [1.29, 1.82) is 0 Å². The molecule has 23 heavy (non-hydrogen) atoms. The van der Waals surface area contributed by atoms with E-state index in [1.54, 1.807) is 10.8 Å². The Morgan fingerprint density at radius 3 is 2.57 bits per heavy atom. The molecule has 0 atom stereocenters. The highest BCUT2D eigenvalue weighted by Gasteiger charge is 2.20. The second-order valence-electron chi connectivity index (χ2n) is 4.54. The lowest BCUT2D eigenvalue weighted by Crippen LogP contribution is -3.00. The summed E-state index contributed by atoms with van der Waals surface area (Å²) in [4.78, 5) is 22.7. The standard InChI is InChI=1S/C15H15N2O4.BrH.H2O/c1-11-5-3-4-8-16(11)10-14(18)12-6-7-15(21-2)13(9-12)17(19)20;;/h3-9H,10H2,1-2H3;1H;1H2/q+1;;/p-1. The summed E-state index contributed by atoms with van der Waals surface area (Å²) in [6, 6.07) is 9.83. The predicted molar refractivity (Wildman–Crippen MR) is 79.0 cm³/mol. The number of ketones is 1.